The zero-order chi connectivity index (χ0) is 23.5. The van der Waals surface area contributed by atoms with Crippen LogP contribution in [0, 0.1) is 0 Å². The lowest BCUT2D eigenvalue weighted by Crippen LogP contribution is -2.17. The molecule has 2 aromatic carbocycles. The number of halogens is 4. The number of rotatable bonds is 7. The highest BCUT2D eigenvalue weighted by Crippen LogP contribution is 2.36. The van der Waals surface area contributed by atoms with Crippen molar-refractivity contribution in [1.29, 1.82) is 0 Å². The summed E-state index contributed by atoms with van der Waals surface area (Å²) in [5, 5.41) is 10.3. The topological polar surface area (TPSA) is 95.1 Å². The van der Waals surface area contributed by atoms with Crippen LogP contribution >= 0.6 is 23.4 Å². The van der Waals surface area contributed by atoms with Crippen LogP contribution in [0.3, 0.4) is 0 Å². The Morgan fingerprint density at radius 3 is 2.69 bits per heavy atom. The Morgan fingerprint density at radius 1 is 1.25 bits per heavy atom. The van der Waals surface area contributed by atoms with E-state index in [0.29, 0.717) is 17.1 Å². The van der Waals surface area contributed by atoms with Crippen molar-refractivity contribution in [2.75, 3.05) is 16.9 Å². The van der Waals surface area contributed by atoms with Gasteiger partial charge in [0.2, 0.25) is 11.1 Å². The Hall–Kier alpha value is -2.92. The minimum Gasteiger partial charge on any atom is -0.491 e. The van der Waals surface area contributed by atoms with Crippen LogP contribution in [-0.4, -0.2) is 32.6 Å². The smallest absolute Gasteiger partial charge is 0.417 e. The van der Waals surface area contributed by atoms with E-state index in [-0.39, 0.29) is 22.7 Å². The van der Waals surface area contributed by atoms with Gasteiger partial charge < -0.3 is 15.9 Å². The number of hydrogen-bond donors (Lipinski definition) is 2. The van der Waals surface area contributed by atoms with E-state index in [0.717, 1.165) is 23.9 Å². The molecule has 1 heterocycles. The molecule has 3 aromatic rings. The zero-order valence-electron chi connectivity index (χ0n) is 17.0. The quantitative estimate of drug-likeness (QED) is 0.367. The van der Waals surface area contributed by atoms with Crippen LogP contribution < -0.4 is 15.9 Å². The van der Waals surface area contributed by atoms with Crippen LogP contribution in [0.15, 0.2) is 47.6 Å². The first-order chi connectivity index (χ1) is 15.0. The molecule has 0 saturated carbocycles. The Labute approximate surface area is 191 Å². The third-order valence-electron chi connectivity index (χ3n) is 4.02. The Balaban J connectivity index is 1.66. The molecular weight excluding hydrogens is 467 g/mol. The van der Waals surface area contributed by atoms with Crippen molar-refractivity contribution in [3.8, 4) is 17.1 Å². The maximum Gasteiger partial charge on any atom is 0.417 e. The number of carbonyl (C=O) groups is 1. The number of thioether (sulfide) groups is 1. The summed E-state index contributed by atoms with van der Waals surface area (Å²) >= 11 is 6.58. The summed E-state index contributed by atoms with van der Waals surface area (Å²) in [6.45, 7) is 3.82. The van der Waals surface area contributed by atoms with Gasteiger partial charge >= 0.3 is 6.18 Å². The van der Waals surface area contributed by atoms with Crippen molar-refractivity contribution < 1.29 is 22.7 Å². The van der Waals surface area contributed by atoms with Gasteiger partial charge in [-0.15, -0.1) is 10.2 Å². The Morgan fingerprint density at radius 2 is 2.00 bits per heavy atom. The molecule has 3 rings (SSSR count). The van der Waals surface area contributed by atoms with Gasteiger partial charge in [-0.1, -0.05) is 35.5 Å². The van der Waals surface area contributed by atoms with Gasteiger partial charge in [-0.25, -0.2) is 4.68 Å². The number of ether oxygens (including phenoxy) is 1. The van der Waals surface area contributed by atoms with Crippen molar-refractivity contribution in [1.82, 2.24) is 14.9 Å². The van der Waals surface area contributed by atoms with Crippen molar-refractivity contribution >= 4 is 35.0 Å². The highest BCUT2D eigenvalue weighted by atomic mass is 35.5. The molecule has 0 fully saturated rings. The molecule has 3 N–H and O–H groups in total. The van der Waals surface area contributed by atoms with E-state index in [4.69, 9.17) is 22.2 Å². The molecule has 0 aliphatic carbocycles. The molecule has 1 amide bonds. The van der Waals surface area contributed by atoms with Crippen LogP contribution in [0.25, 0.3) is 11.4 Å². The standard InChI is InChI=1S/C20H19ClF3N5O2S/c1-11(2)31-14-5-3-4-12(8-14)18-27-28-19(29(18)25)32-10-17(30)26-13-6-7-16(21)15(9-13)20(22,23)24/h3-9,11H,10,25H2,1-2H3,(H,26,30). The van der Waals surface area contributed by atoms with Crippen LogP contribution in [0.2, 0.25) is 5.02 Å². The molecule has 0 saturated heterocycles. The Bertz CT molecular complexity index is 1120. The van der Waals surface area contributed by atoms with E-state index in [1.165, 1.54) is 10.7 Å². The van der Waals surface area contributed by atoms with E-state index in [1.807, 2.05) is 19.9 Å². The molecule has 0 unspecified atom stereocenters. The molecule has 0 aliphatic heterocycles. The number of nitrogen functional groups attached to an aromatic ring is 1. The van der Waals surface area contributed by atoms with Crippen molar-refractivity contribution in [3.63, 3.8) is 0 Å². The van der Waals surface area contributed by atoms with E-state index in [1.54, 1.807) is 18.2 Å². The number of hydrogen-bond acceptors (Lipinski definition) is 6. The number of nitrogens with zero attached hydrogens (tertiary/aromatic N) is 3. The first-order valence-electron chi connectivity index (χ1n) is 9.31. The molecule has 170 valence electrons. The van der Waals surface area contributed by atoms with Crippen LogP contribution in [-0.2, 0) is 11.0 Å². The zero-order valence-corrected chi connectivity index (χ0v) is 18.6. The van der Waals surface area contributed by atoms with Crippen LogP contribution in [0.5, 0.6) is 5.75 Å². The minimum atomic E-state index is -4.63. The second kappa shape index (κ2) is 9.70. The predicted octanol–water partition coefficient (Wildman–Crippen LogP) is 4.85. The largest absolute Gasteiger partial charge is 0.491 e. The van der Waals surface area contributed by atoms with Crippen molar-refractivity contribution in [3.05, 3.63) is 53.1 Å². The van der Waals surface area contributed by atoms with Crippen LogP contribution in [0.1, 0.15) is 19.4 Å². The van der Waals surface area contributed by atoms with Gasteiger partial charge in [-0.3, -0.25) is 4.79 Å². The summed E-state index contributed by atoms with van der Waals surface area (Å²) in [4.78, 5) is 12.2. The van der Waals surface area contributed by atoms with E-state index in [9.17, 15) is 18.0 Å². The molecule has 0 bridgehead atoms. The van der Waals surface area contributed by atoms with Gasteiger partial charge in [0.05, 0.1) is 22.4 Å². The van der Waals surface area contributed by atoms with E-state index < -0.39 is 22.7 Å². The number of nitrogens with one attached hydrogen (secondary N) is 1. The fourth-order valence-corrected chi connectivity index (χ4v) is 3.58. The fraction of sp³-hybridized carbons (Fsp3) is 0.250. The first-order valence-corrected chi connectivity index (χ1v) is 10.7. The predicted molar refractivity (Wildman–Crippen MR) is 117 cm³/mol. The number of aromatic nitrogens is 3. The summed E-state index contributed by atoms with van der Waals surface area (Å²) in [6.07, 6.45) is -4.63. The number of benzene rings is 2. The molecule has 7 nitrogen and oxygen atoms in total. The number of carbonyl (C=O) groups excluding carboxylic acids is 1. The molecular formula is C20H19ClF3N5O2S. The van der Waals surface area contributed by atoms with Gasteiger partial charge in [0.1, 0.15) is 5.75 Å². The molecule has 0 radical (unpaired) electrons. The normalized spacial score (nSPS) is 11.6. The second-order valence-corrected chi connectivity index (χ2v) is 8.25. The molecule has 1 aromatic heterocycles. The number of anilines is 1. The summed E-state index contributed by atoms with van der Waals surface area (Å²) < 4.78 is 45.8. The molecule has 12 heteroatoms. The maximum absolute atomic E-state index is 13.0. The third kappa shape index (κ3) is 5.86. The summed E-state index contributed by atoms with van der Waals surface area (Å²) in [5.41, 5.74) is -0.376. The molecule has 0 spiro atoms. The van der Waals surface area contributed by atoms with E-state index in [2.05, 4.69) is 15.5 Å². The number of alkyl halides is 3. The van der Waals surface area contributed by atoms with Crippen molar-refractivity contribution in [2.24, 2.45) is 0 Å². The van der Waals surface area contributed by atoms with Gasteiger partial charge in [0.25, 0.3) is 0 Å². The number of amides is 1. The van der Waals surface area contributed by atoms with E-state index >= 15 is 0 Å². The summed E-state index contributed by atoms with van der Waals surface area (Å²) in [6, 6.07) is 10.3. The minimum absolute atomic E-state index is 0.00141. The first kappa shape index (κ1) is 23.7. The van der Waals surface area contributed by atoms with Gasteiger partial charge in [-0.2, -0.15) is 13.2 Å². The lowest BCUT2D eigenvalue weighted by Gasteiger charge is -2.12. The monoisotopic (exact) mass is 485 g/mol. The molecule has 0 atom stereocenters. The lowest BCUT2D eigenvalue weighted by atomic mass is 10.2. The van der Waals surface area contributed by atoms with Gasteiger partial charge in [0.15, 0.2) is 5.82 Å². The highest BCUT2D eigenvalue weighted by molar-refractivity contribution is 7.99. The average molecular weight is 486 g/mol. The summed E-state index contributed by atoms with van der Waals surface area (Å²) in [7, 11) is 0. The molecule has 32 heavy (non-hydrogen) atoms. The number of nitrogens with two attached hydrogens (primary N) is 1. The molecule has 0 aliphatic rings. The highest BCUT2D eigenvalue weighted by Gasteiger charge is 2.33. The average Bonchev–Trinajstić information content (AvgIpc) is 3.07. The lowest BCUT2D eigenvalue weighted by molar-refractivity contribution is -0.137. The van der Waals surface area contributed by atoms with Crippen molar-refractivity contribution in [2.45, 2.75) is 31.3 Å². The maximum atomic E-state index is 13.0. The fourth-order valence-electron chi connectivity index (χ4n) is 2.70. The van der Waals surface area contributed by atoms with Crippen LogP contribution in [0.4, 0.5) is 18.9 Å². The Kier molecular flexibility index (Phi) is 7.19. The SMILES string of the molecule is CC(C)Oc1cccc(-c2nnc(SCC(=O)Nc3ccc(Cl)c(C(F)(F)F)c3)n2N)c1. The second-order valence-electron chi connectivity index (χ2n) is 6.90. The van der Waals surface area contributed by atoms with Gasteiger partial charge in [0, 0.05) is 11.3 Å². The van der Waals surface area contributed by atoms with Gasteiger partial charge in [-0.05, 0) is 44.2 Å². The third-order valence-corrected chi connectivity index (χ3v) is 5.29. The summed E-state index contributed by atoms with van der Waals surface area (Å²) in [5.74, 6) is 6.40.